The van der Waals surface area contributed by atoms with Gasteiger partial charge in [-0.15, -0.1) is 0 Å². The predicted molar refractivity (Wildman–Crippen MR) is 149 cm³/mol. The van der Waals surface area contributed by atoms with Crippen molar-refractivity contribution < 1.29 is 14.9 Å². The summed E-state index contributed by atoms with van der Waals surface area (Å²) in [5.41, 5.74) is 2.91. The first-order valence-corrected chi connectivity index (χ1v) is 15.2. The van der Waals surface area contributed by atoms with E-state index in [1.807, 2.05) is 12.1 Å². The van der Waals surface area contributed by atoms with Gasteiger partial charge in [0.25, 0.3) is 0 Å². The number of aliphatic hydroxyl groups excluding tert-OH is 2. The van der Waals surface area contributed by atoms with Crippen LogP contribution in [0.5, 0.6) is 0 Å². The van der Waals surface area contributed by atoms with Crippen LogP contribution in [-0.4, -0.2) is 33.5 Å². The number of aromatic nitrogens is 1. The third kappa shape index (κ3) is 4.96. The maximum atomic E-state index is 11.5. The average Bonchev–Trinajstić information content (AvgIpc) is 3.24. The van der Waals surface area contributed by atoms with Gasteiger partial charge in [-0.3, -0.25) is 4.98 Å². The molecule has 0 aliphatic heterocycles. The Morgan fingerprint density at radius 2 is 1.76 bits per heavy atom. The number of hydrogen-bond donors (Lipinski definition) is 2. The molecule has 2 N–H and O–H groups in total. The lowest BCUT2D eigenvalue weighted by Gasteiger charge is -2.59. The molecule has 4 nitrogen and oxygen atoms in total. The molecule has 4 aliphatic rings. The number of fused-ring (bicyclic) bond motifs is 5. The number of rotatable bonds is 8. The van der Waals surface area contributed by atoms with Gasteiger partial charge in [-0.25, -0.2) is 0 Å². The van der Waals surface area contributed by atoms with Crippen LogP contribution in [0.2, 0.25) is 0 Å². The molecule has 0 spiro atoms. The lowest BCUT2D eigenvalue weighted by Crippen LogP contribution is -2.54. The first-order chi connectivity index (χ1) is 17.6. The van der Waals surface area contributed by atoms with Crippen LogP contribution in [0.25, 0.3) is 0 Å². The Morgan fingerprint density at radius 3 is 2.49 bits per heavy atom. The summed E-state index contributed by atoms with van der Waals surface area (Å²) >= 11 is 0. The van der Waals surface area contributed by atoms with Gasteiger partial charge in [0.1, 0.15) is 6.10 Å². The summed E-state index contributed by atoms with van der Waals surface area (Å²) in [6, 6.07) is 3.98. The highest BCUT2D eigenvalue weighted by Crippen LogP contribution is 2.67. The molecule has 0 aromatic carbocycles. The van der Waals surface area contributed by atoms with Crippen LogP contribution in [0.4, 0.5) is 0 Å². The molecule has 0 unspecified atom stereocenters. The van der Waals surface area contributed by atoms with Crippen molar-refractivity contribution in [2.75, 3.05) is 0 Å². The summed E-state index contributed by atoms with van der Waals surface area (Å²) in [5, 5.41) is 21.9. The smallest absolute Gasteiger partial charge is 0.102 e. The van der Waals surface area contributed by atoms with Crippen molar-refractivity contribution in [2.24, 2.45) is 46.3 Å². The van der Waals surface area contributed by atoms with Gasteiger partial charge in [-0.2, -0.15) is 0 Å². The van der Waals surface area contributed by atoms with E-state index in [9.17, 15) is 10.2 Å². The molecule has 1 heterocycles. The van der Waals surface area contributed by atoms with Crippen LogP contribution in [0, 0.1) is 46.3 Å². The monoisotopic (exact) mass is 509 g/mol. The lowest BCUT2D eigenvalue weighted by molar-refractivity contribution is -0.100. The van der Waals surface area contributed by atoms with Gasteiger partial charge in [0.2, 0.25) is 0 Å². The molecule has 3 fully saturated rings. The fourth-order valence-electron chi connectivity index (χ4n) is 9.51. The van der Waals surface area contributed by atoms with E-state index in [1.54, 1.807) is 12.4 Å². The highest BCUT2D eigenvalue weighted by molar-refractivity contribution is 5.29. The van der Waals surface area contributed by atoms with Crippen molar-refractivity contribution in [3.8, 4) is 0 Å². The fraction of sp³-hybridized carbons (Fsp3) is 0.788. The topological polar surface area (TPSA) is 62.6 Å². The normalized spacial score (nSPS) is 40.9. The summed E-state index contributed by atoms with van der Waals surface area (Å²) in [5.74, 6) is 4.02. The number of allylic oxidation sites excluding steroid dienone is 1. The molecular weight excluding hydrogens is 458 g/mol. The summed E-state index contributed by atoms with van der Waals surface area (Å²) in [6.07, 6.45) is 15.9. The number of ether oxygens (including phenoxy) is 1. The molecule has 5 rings (SSSR count). The van der Waals surface area contributed by atoms with Crippen LogP contribution >= 0.6 is 0 Å². The third-order valence-electron chi connectivity index (χ3n) is 11.8. The minimum absolute atomic E-state index is 0.102. The van der Waals surface area contributed by atoms with E-state index in [-0.39, 0.29) is 17.6 Å². The Morgan fingerprint density at radius 1 is 1.00 bits per heavy atom. The second-order valence-electron chi connectivity index (χ2n) is 14.0. The highest BCUT2D eigenvalue weighted by Gasteiger charge is 2.60. The van der Waals surface area contributed by atoms with E-state index in [4.69, 9.17) is 4.74 Å². The fourth-order valence-corrected chi connectivity index (χ4v) is 9.51. The van der Waals surface area contributed by atoms with Gasteiger partial charge in [0.05, 0.1) is 18.8 Å². The van der Waals surface area contributed by atoms with Crippen LogP contribution in [0.3, 0.4) is 0 Å². The maximum absolute atomic E-state index is 11.5. The Hall–Kier alpha value is -1.23. The van der Waals surface area contributed by atoms with Gasteiger partial charge < -0.3 is 14.9 Å². The molecule has 3 saturated carbocycles. The van der Waals surface area contributed by atoms with E-state index in [2.05, 4.69) is 45.7 Å². The molecular formula is C33H51NO3. The van der Waals surface area contributed by atoms with Crippen LogP contribution in [0.1, 0.15) is 98.0 Å². The van der Waals surface area contributed by atoms with E-state index >= 15 is 0 Å². The molecule has 0 amide bonds. The zero-order valence-electron chi connectivity index (χ0n) is 23.9. The van der Waals surface area contributed by atoms with Gasteiger partial charge in [0.15, 0.2) is 0 Å². The maximum Gasteiger partial charge on any atom is 0.102 e. The van der Waals surface area contributed by atoms with Crippen molar-refractivity contribution in [2.45, 2.75) is 117 Å². The molecule has 0 saturated heterocycles. The molecule has 10 atom stereocenters. The summed E-state index contributed by atoms with van der Waals surface area (Å²) in [7, 11) is 0. The van der Waals surface area contributed by atoms with Gasteiger partial charge in [-0.1, -0.05) is 40.7 Å². The molecule has 0 radical (unpaired) electrons. The summed E-state index contributed by atoms with van der Waals surface area (Å²) in [4.78, 5) is 4.10. The van der Waals surface area contributed by atoms with Crippen LogP contribution in [0.15, 0.2) is 36.2 Å². The SMILES string of the molecule is CC(C)[C@H](O)CC[C@@H](C)[C@H]1CC[C@H]2[C@@H]3CC=C4[C@@H](O)[C@@H](OCc5ccncc5)CC[C@]4(C)[C@H]3CC[C@]12C. The predicted octanol–water partition coefficient (Wildman–Crippen LogP) is 6.95. The zero-order valence-corrected chi connectivity index (χ0v) is 23.9. The largest absolute Gasteiger partial charge is 0.393 e. The average molecular weight is 510 g/mol. The first kappa shape index (κ1) is 27.3. The molecule has 4 aliphatic carbocycles. The number of aliphatic hydroxyl groups is 2. The van der Waals surface area contributed by atoms with Crippen molar-refractivity contribution in [3.05, 3.63) is 41.7 Å². The second-order valence-corrected chi connectivity index (χ2v) is 14.0. The Balaban J connectivity index is 1.27. The van der Waals surface area contributed by atoms with Crippen LogP contribution in [-0.2, 0) is 11.3 Å². The molecule has 206 valence electrons. The molecule has 1 aromatic rings. The Kier molecular flexibility index (Phi) is 7.93. The third-order valence-corrected chi connectivity index (χ3v) is 11.8. The van der Waals surface area contributed by atoms with Gasteiger partial charge in [0, 0.05) is 12.4 Å². The van der Waals surface area contributed by atoms with Crippen molar-refractivity contribution in [1.29, 1.82) is 0 Å². The summed E-state index contributed by atoms with van der Waals surface area (Å²) in [6.45, 7) is 12.3. The standard InChI is InChI=1S/C33H51NO3/c1-21(2)29(35)11-6-22(3)25-9-10-26-24-7-8-28-31(36)30(37-20-23-14-18-34-19-15-23)13-17-33(28,5)27(24)12-16-32(25,26)4/h8,14-15,18-19,21-22,24-27,29-31,35-36H,6-7,9-13,16-17,20H2,1-5H3/t22-,24+,25-,26+,27+,29-,30+,31-,32-,33-/m1/s1. The van der Waals surface area contributed by atoms with Crippen molar-refractivity contribution in [1.82, 2.24) is 4.98 Å². The minimum Gasteiger partial charge on any atom is -0.393 e. The molecule has 4 heteroatoms. The van der Waals surface area contributed by atoms with Crippen LogP contribution < -0.4 is 0 Å². The lowest BCUT2D eigenvalue weighted by atomic mass is 9.46. The van der Waals surface area contributed by atoms with E-state index in [0.717, 1.165) is 55.4 Å². The van der Waals surface area contributed by atoms with E-state index < -0.39 is 6.10 Å². The first-order valence-electron chi connectivity index (χ1n) is 15.2. The zero-order chi connectivity index (χ0) is 26.4. The molecule has 1 aromatic heterocycles. The van der Waals surface area contributed by atoms with E-state index in [0.29, 0.717) is 29.8 Å². The number of nitrogens with zero attached hydrogens (tertiary/aromatic N) is 1. The molecule has 37 heavy (non-hydrogen) atoms. The Labute approximate surface area is 225 Å². The van der Waals surface area contributed by atoms with Gasteiger partial charge in [-0.05, 0) is 127 Å². The number of pyridine rings is 1. The minimum atomic E-state index is -0.487. The summed E-state index contributed by atoms with van der Waals surface area (Å²) < 4.78 is 6.26. The second kappa shape index (κ2) is 10.7. The molecule has 0 bridgehead atoms. The van der Waals surface area contributed by atoms with Crippen molar-refractivity contribution in [3.63, 3.8) is 0 Å². The number of hydrogen-bond acceptors (Lipinski definition) is 4. The van der Waals surface area contributed by atoms with Gasteiger partial charge >= 0.3 is 0 Å². The quantitative estimate of drug-likeness (QED) is 0.372. The highest BCUT2D eigenvalue weighted by atomic mass is 16.5. The Bertz CT molecular complexity index is 946. The van der Waals surface area contributed by atoms with E-state index in [1.165, 1.54) is 31.3 Å². The van der Waals surface area contributed by atoms with Crippen molar-refractivity contribution >= 4 is 0 Å².